The van der Waals surface area contributed by atoms with Crippen molar-refractivity contribution in [1.82, 2.24) is 0 Å². The first-order chi connectivity index (χ1) is 7.26. The minimum absolute atomic E-state index is 0.0155. The fourth-order valence-corrected chi connectivity index (χ4v) is 1.26. The van der Waals surface area contributed by atoms with Crippen LogP contribution < -0.4 is 0 Å². The molecule has 3 heteroatoms. The first kappa shape index (κ1) is 14.2. The number of aliphatic hydroxyl groups is 1. The van der Waals surface area contributed by atoms with E-state index < -0.39 is 0 Å². The van der Waals surface area contributed by atoms with Crippen molar-refractivity contribution in [1.29, 1.82) is 0 Å². The Hall–Kier alpha value is -0.830. The van der Waals surface area contributed by atoms with Crippen LogP contribution in [0.1, 0.15) is 39.5 Å². The molecule has 0 saturated heterocycles. The largest absolute Gasteiger partial charge is 0.466 e. The number of carbonyl (C=O) groups is 1. The molecule has 0 saturated carbocycles. The van der Waals surface area contributed by atoms with Gasteiger partial charge in [-0.15, -0.1) is 0 Å². The topological polar surface area (TPSA) is 46.5 Å². The molecule has 0 radical (unpaired) electrons. The molecule has 0 aliphatic rings. The van der Waals surface area contributed by atoms with Crippen LogP contribution in [0, 0.1) is 5.92 Å². The second-order valence-electron chi connectivity index (χ2n) is 3.44. The lowest BCUT2D eigenvalue weighted by molar-refractivity contribution is -0.146. The second-order valence-corrected chi connectivity index (χ2v) is 3.44. The quantitative estimate of drug-likeness (QED) is 0.383. The molecule has 0 bridgehead atoms. The first-order valence-corrected chi connectivity index (χ1v) is 5.70. The summed E-state index contributed by atoms with van der Waals surface area (Å²) in [5.41, 5.74) is 0. The van der Waals surface area contributed by atoms with Crippen LogP contribution in [0.4, 0.5) is 0 Å². The van der Waals surface area contributed by atoms with E-state index in [1.807, 2.05) is 12.2 Å². The zero-order valence-electron chi connectivity index (χ0n) is 9.74. The number of ether oxygens (including phenoxy) is 1. The van der Waals surface area contributed by atoms with E-state index in [0.29, 0.717) is 13.0 Å². The lowest BCUT2D eigenvalue weighted by Gasteiger charge is -2.09. The maximum atomic E-state index is 11.4. The molecule has 0 rings (SSSR count). The molecular formula is C12H22O3. The van der Waals surface area contributed by atoms with Gasteiger partial charge in [-0.2, -0.15) is 0 Å². The van der Waals surface area contributed by atoms with E-state index in [1.54, 1.807) is 6.92 Å². The number of hydrogen-bond donors (Lipinski definition) is 1. The van der Waals surface area contributed by atoms with Crippen LogP contribution in [0.5, 0.6) is 0 Å². The van der Waals surface area contributed by atoms with Gasteiger partial charge in [0, 0.05) is 6.61 Å². The van der Waals surface area contributed by atoms with Crippen LogP contribution >= 0.6 is 0 Å². The fraction of sp³-hybridized carbons (Fsp3) is 0.750. The molecule has 0 fully saturated rings. The van der Waals surface area contributed by atoms with E-state index in [4.69, 9.17) is 9.84 Å². The summed E-state index contributed by atoms with van der Waals surface area (Å²) in [6.45, 7) is 4.32. The summed E-state index contributed by atoms with van der Waals surface area (Å²) in [5, 5.41) is 8.81. The molecule has 0 aromatic carbocycles. The van der Waals surface area contributed by atoms with E-state index in [9.17, 15) is 4.79 Å². The predicted molar refractivity (Wildman–Crippen MR) is 60.5 cm³/mol. The number of unbranched alkanes of at least 4 members (excludes halogenated alkanes) is 2. The molecule has 0 heterocycles. The summed E-state index contributed by atoms with van der Waals surface area (Å²) in [5.74, 6) is -0.522. The smallest absolute Gasteiger partial charge is 0.312 e. The zero-order chi connectivity index (χ0) is 11.5. The van der Waals surface area contributed by atoms with Crippen LogP contribution in [-0.2, 0) is 9.53 Å². The lowest BCUT2D eigenvalue weighted by atomic mass is 10.0. The number of rotatable bonds is 8. The van der Waals surface area contributed by atoms with Gasteiger partial charge >= 0.3 is 5.97 Å². The molecule has 1 N–H and O–H groups in total. The van der Waals surface area contributed by atoms with Gasteiger partial charge in [0.1, 0.15) is 0 Å². The van der Waals surface area contributed by atoms with E-state index in [2.05, 4.69) is 6.92 Å². The zero-order valence-corrected chi connectivity index (χ0v) is 9.74. The summed E-state index contributed by atoms with van der Waals surface area (Å²) in [6.07, 6.45) is 7.56. The SMILES string of the molecule is CCCCC=CC(CCO)C(=O)OCC. The maximum absolute atomic E-state index is 11.4. The molecule has 3 nitrogen and oxygen atoms in total. The molecule has 15 heavy (non-hydrogen) atoms. The minimum atomic E-state index is -0.285. The van der Waals surface area contributed by atoms with E-state index in [1.165, 1.54) is 0 Å². The van der Waals surface area contributed by atoms with Crippen molar-refractivity contribution in [3.05, 3.63) is 12.2 Å². The predicted octanol–water partition coefficient (Wildman–Crippen LogP) is 2.29. The number of aliphatic hydroxyl groups excluding tert-OH is 1. The van der Waals surface area contributed by atoms with E-state index >= 15 is 0 Å². The molecule has 1 atom stereocenters. The third-order valence-corrected chi connectivity index (χ3v) is 2.12. The molecular weight excluding hydrogens is 192 g/mol. The van der Waals surface area contributed by atoms with Crippen LogP contribution in [0.2, 0.25) is 0 Å². The summed E-state index contributed by atoms with van der Waals surface area (Å²) in [6, 6.07) is 0. The molecule has 0 aliphatic carbocycles. The van der Waals surface area contributed by atoms with Crippen LogP contribution in [0.3, 0.4) is 0 Å². The molecule has 0 aliphatic heterocycles. The Labute approximate surface area is 92.1 Å². The highest BCUT2D eigenvalue weighted by Gasteiger charge is 2.15. The molecule has 1 unspecified atom stereocenters. The first-order valence-electron chi connectivity index (χ1n) is 5.70. The third kappa shape index (κ3) is 7.14. The van der Waals surface area contributed by atoms with Gasteiger partial charge < -0.3 is 9.84 Å². The van der Waals surface area contributed by atoms with Gasteiger partial charge in [-0.3, -0.25) is 4.79 Å². The monoisotopic (exact) mass is 214 g/mol. The lowest BCUT2D eigenvalue weighted by Crippen LogP contribution is -2.17. The number of esters is 1. The van der Waals surface area contributed by atoms with Crippen molar-refractivity contribution in [3.63, 3.8) is 0 Å². The van der Waals surface area contributed by atoms with Gasteiger partial charge in [-0.1, -0.05) is 31.9 Å². The highest BCUT2D eigenvalue weighted by Crippen LogP contribution is 2.09. The van der Waals surface area contributed by atoms with Crippen LogP contribution in [-0.4, -0.2) is 24.3 Å². The summed E-state index contributed by atoms with van der Waals surface area (Å²) < 4.78 is 4.91. The van der Waals surface area contributed by atoms with Crippen LogP contribution in [0.25, 0.3) is 0 Å². The van der Waals surface area contributed by atoms with Gasteiger partial charge in [0.2, 0.25) is 0 Å². The van der Waals surface area contributed by atoms with Gasteiger partial charge in [-0.05, 0) is 19.8 Å². The number of hydrogen-bond acceptors (Lipinski definition) is 3. The van der Waals surface area contributed by atoms with Gasteiger partial charge in [0.15, 0.2) is 0 Å². The van der Waals surface area contributed by atoms with Crippen molar-refractivity contribution in [3.8, 4) is 0 Å². The Kier molecular flexibility index (Phi) is 9.18. The molecule has 0 spiro atoms. The van der Waals surface area contributed by atoms with Crippen molar-refractivity contribution in [2.45, 2.75) is 39.5 Å². The average molecular weight is 214 g/mol. The third-order valence-electron chi connectivity index (χ3n) is 2.12. The van der Waals surface area contributed by atoms with Crippen molar-refractivity contribution >= 4 is 5.97 Å². The summed E-state index contributed by atoms with van der Waals surface area (Å²) in [4.78, 5) is 11.4. The Bertz CT molecular complexity index is 187. The number of allylic oxidation sites excluding steroid dienone is 1. The van der Waals surface area contributed by atoms with Gasteiger partial charge in [-0.25, -0.2) is 0 Å². The summed E-state index contributed by atoms with van der Waals surface area (Å²) >= 11 is 0. The minimum Gasteiger partial charge on any atom is -0.466 e. The normalized spacial score (nSPS) is 13.0. The van der Waals surface area contributed by atoms with Crippen molar-refractivity contribution in [2.75, 3.05) is 13.2 Å². The van der Waals surface area contributed by atoms with E-state index in [-0.39, 0.29) is 18.5 Å². The van der Waals surface area contributed by atoms with E-state index in [0.717, 1.165) is 19.3 Å². The molecule has 0 aromatic rings. The van der Waals surface area contributed by atoms with Crippen LogP contribution in [0.15, 0.2) is 12.2 Å². The highest BCUT2D eigenvalue weighted by atomic mass is 16.5. The van der Waals surface area contributed by atoms with Crippen molar-refractivity contribution in [2.24, 2.45) is 5.92 Å². The van der Waals surface area contributed by atoms with Gasteiger partial charge in [0.25, 0.3) is 0 Å². The standard InChI is InChI=1S/C12H22O3/c1-3-5-6-7-8-11(9-10-13)12(14)15-4-2/h7-8,11,13H,3-6,9-10H2,1-2H3. The van der Waals surface area contributed by atoms with Gasteiger partial charge in [0.05, 0.1) is 12.5 Å². The fourth-order valence-electron chi connectivity index (χ4n) is 1.26. The Morgan fingerprint density at radius 2 is 2.20 bits per heavy atom. The van der Waals surface area contributed by atoms with Crippen molar-refractivity contribution < 1.29 is 14.6 Å². The molecule has 88 valence electrons. The molecule has 0 amide bonds. The average Bonchev–Trinajstić information content (AvgIpc) is 2.23. The Morgan fingerprint density at radius 1 is 1.47 bits per heavy atom. The Morgan fingerprint density at radius 3 is 2.73 bits per heavy atom. The maximum Gasteiger partial charge on any atom is 0.312 e. The highest BCUT2D eigenvalue weighted by molar-refractivity contribution is 5.74. The summed E-state index contributed by atoms with van der Waals surface area (Å²) in [7, 11) is 0. The second kappa shape index (κ2) is 9.71. The number of carbonyl (C=O) groups excluding carboxylic acids is 1. The molecule has 0 aromatic heterocycles. The Balaban J connectivity index is 4.01.